The first-order valence-corrected chi connectivity index (χ1v) is 11.7. The summed E-state index contributed by atoms with van der Waals surface area (Å²) in [5.41, 5.74) is 2.94. The fourth-order valence-electron chi connectivity index (χ4n) is 2.92. The van der Waals surface area contributed by atoms with Crippen molar-refractivity contribution >= 4 is 29.1 Å². The molecule has 2 heterocycles. The molecule has 8 heteroatoms. The van der Waals surface area contributed by atoms with E-state index in [1.807, 2.05) is 80.0 Å². The van der Waals surface area contributed by atoms with Crippen molar-refractivity contribution in [3.8, 4) is 22.2 Å². The molecule has 0 aliphatic heterocycles. The molecule has 2 aromatic heterocycles. The molecular weight excluding hydrogens is 428 g/mol. The molecule has 158 valence electrons. The van der Waals surface area contributed by atoms with Crippen LogP contribution in [0.3, 0.4) is 0 Å². The lowest BCUT2D eigenvalue weighted by atomic mass is 10.2. The van der Waals surface area contributed by atoms with Crippen molar-refractivity contribution in [1.29, 1.82) is 0 Å². The molecule has 4 rings (SSSR count). The molecule has 0 amide bonds. The Bertz CT molecular complexity index is 1120. The summed E-state index contributed by atoms with van der Waals surface area (Å²) in [6.45, 7) is 0.875. The number of ether oxygens (including phenoxy) is 2. The number of anilines is 1. The standard InChI is InChI=1S/C23H22N4O2S2/c1-24-21-20(18-13-19(27-31-18)28-14-16-9-5-3-6-10-16)22(26-23(25-21)30-2)29-15-17-11-7-4-8-12-17/h3-13H,14-15H2,1-2H3,(H,24,25,26). The van der Waals surface area contributed by atoms with Crippen molar-refractivity contribution in [2.24, 2.45) is 0 Å². The van der Waals surface area contributed by atoms with Gasteiger partial charge in [-0.15, -0.1) is 0 Å². The van der Waals surface area contributed by atoms with E-state index in [4.69, 9.17) is 9.47 Å². The average Bonchev–Trinajstić information content (AvgIpc) is 3.30. The van der Waals surface area contributed by atoms with Gasteiger partial charge in [0, 0.05) is 13.1 Å². The van der Waals surface area contributed by atoms with Crippen LogP contribution in [0.25, 0.3) is 10.4 Å². The molecule has 0 aliphatic carbocycles. The van der Waals surface area contributed by atoms with E-state index >= 15 is 0 Å². The molecule has 0 atom stereocenters. The van der Waals surface area contributed by atoms with Gasteiger partial charge in [-0.1, -0.05) is 72.4 Å². The lowest BCUT2D eigenvalue weighted by Crippen LogP contribution is -2.05. The Kier molecular flexibility index (Phi) is 7.01. The van der Waals surface area contributed by atoms with Crippen molar-refractivity contribution in [3.05, 3.63) is 77.9 Å². The number of hydrogen-bond donors (Lipinski definition) is 1. The Balaban J connectivity index is 1.60. The highest BCUT2D eigenvalue weighted by atomic mass is 32.2. The minimum Gasteiger partial charge on any atom is -0.472 e. The minimum atomic E-state index is 0.415. The predicted octanol–water partition coefficient (Wildman–Crippen LogP) is 5.52. The van der Waals surface area contributed by atoms with Crippen LogP contribution in [0.1, 0.15) is 11.1 Å². The van der Waals surface area contributed by atoms with Crippen molar-refractivity contribution in [2.75, 3.05) is 18.6 Å². The first-order chi connectivity index (χ1) is 15.3. The fraction of sp³-hybridized carbons (Fsp3) is 0.174. The first-order valence-electron chi connectivity index (χ1n) is 9.71. The number of hydrogen-bond acceptors (Lipinski definition) is 8. The lowest BCUT2D eigenvalue weighted by Gasteiger charge is -2.14. The SMILES string of the molecule is CNc1nc(SC)nc(OCc2ccccc2)c1-c1cc(OCc2ccccc2)ns1. The maximum absolute atomic E-state index is 6.13. The van der Waals surface area contributed by atoms with Crippen LogP contribution in [-0.2, 0) is 13.2 Å². The highest BCUT2D eigenvalue weighted by Crippen LogP contribution is 2.40. The van der Waals surface area contributed by atoms with Crippen molar-refractivity contribution in [2.45, 2.75) is 18.4 Å². The Morgan fingerprint density at radius 1 is 0.903 bits per heavy atom. The first kappa shape index (κ1) is 21.1. The second-order valence-corrected chi connectivity index (χ2v) is 8.15. The normalized spacial score (nSPS) is 10.6. The van der Waals surface area contributed by atoms with E-state index < -0.39 is 0 Å². The monoisotopic (exact) mass is 450 g/mol. The largest absolute Gasteiger partial charge is 0.472 e. The summed E-state index contributed by atoms with van der Waals surface area (Å²) in [6, 6.07) is 21.9. The van der Waals surface area contributed by atoms with Crippen molar-refractivity contribution in [3.63, 3.8) is 0 Å². The van der Waals surface area contributed by atoms with Gasteiger partial charge in [-0.25, -0.2) is 4.98 Å². The Hall–Kier alpha value is -3.10. The van der Waals surface area contributed by atoms with Crippen LogP contribution >= 0.6 is 23.3 Å². The minimum absolute atomic E-state index is 0.415. The maximum atomic E-state index is 6.13. The van der Waals surface area contributed by atoms with Gasteiger partial charge in [0.2, 0.25) is 11.8 Å². The topological polar surface area (TPSA) is 69.2 Å². The number of benzene rings is 2. The van der Waals surface area contributed by atoms with E-state index in [0.717, 1.165) is 21.6 Å². The maximum Gasteiger partial charge on any atom is 0.228 e. The Morgan fingerprint density at radius 3 is 2.16 bits per heavy atom. The van der Waals surface area contributed by atoms with Crippen LogP contribution < -0.4 is 14.8 Å². The molecule has 0 radical (unpaired) electrons. The van der Waals surface area contributed by atoms with E-state index in [1.165, 1.54) is 23.3 Å². The zero-order valence-electron chi connectivity index (χ0n) is 17.2. The second-order valence-electron chi connectivity index (χ2n) is 6.57. The smallest absolute Gasteiger partial charge is 0.228 e. The number of thioether (sulfide) groups is 1. The molecule has 0 unspecified atom stereocenters. The molecule has 6 nitrogen and oxygen atoms in total. The summed E-state index contributed by atoms with van der Waals surface area (Å²) in [6.07, 6.45) is 1.94. The number of rotatable bonds is 9. The number of aromatic nitrogens is 3. The van der Waals surface area contributed by atoms with Crippen molar-refractivity contribution < 1.29 is 9.47 Å². The molecule has 0 fully saturated rings. The van der Waals surface area contributed by atoms with Crippen LogP contribution in [-0.4, -0.2) is 27.6 Å². The van der Waals surface area contributed by atoms with Gasteiger partial charge in [0.05, 0.1) is 10.4 Å². The van der Waals surface area contributed by atoms with E-state index in [9.17, 15) is 0 Å². The highest BCUT2D eigenvalue weighted by Gasteiger charge is 2.20. The van der Waals surface area contributed by atoms with Gasteiger partial charge in [0.15, 0.2) is 5.16 Å². The van der Waals surface area contributed by atoms with Crippen LogP contribution in [0, 0.1) is 0 Å². The quantitative estimate of drug-likeness (QED) is 0.266. The van der Waals surface area contributed by atoms with Gasteiger partial charge in [0.25, 0.3) is 0 Å². The average molecular weight is 451 g/mol. The molecule has 0 bridgehead atoms. The highest BCUT2D eigenvalue weighted by molar-refractivity contribution is 7.98. The molecule has 0 saturated carbocycles. The Labute approximate surface area is 189 Å². The van der Waals surface area contributed by atoms with E-state index in [2.05, 4.69) is 19.7 Å². The fourth-order valence-corrected chi connectivity index (χ4v) is 4.00. The van der Waals surface area contributed by atoms with Gasteiger partial charge >= 0.3 is 0 Å². The summed E-state index contributed by atoms with van der Waals surface area (Å²) in [7, 11) is 1.84. The van der Waals surface area contributed by atoms with Gasteiger partial charge in [0.1, 0.15) is 19.0 Å². The molecular formula is C23H22N4O2S2. The zero-order chi connectivity index (χ0) is 21.5. The molecule has 2 aromatic carbocycles. The van der Waals surface area contributed by atoms with Crippen molar-refractivity contribution in [1.82, 2.24) is 14.3 Å². The van der Waals surface area contributed by atoms with Crippen LogP contribution in [0.15, 0.2) is 71.9 Å². The zero-order valence-corrected chi connectivity index (χ0v) is 18.9. The Morgan fingerprint density at radius 2 is 1.55 bits per heavy atom. The van der Waals surface area contributed by atoms with E-state index in [1.54, 1.807) is 0 Å². The van der Waals surface area contributed by atoms with Crippen LogP contribution in [0.5, 0.6) is 11.8 Å². The number of nitrogens with zero attached hydrogens (tertiary/aromatic N) is 3. The summed E-state index contributed by atoms with van der Waals surface area (Å²) in [5.74, 6) is 1.78. The molecule has 0 saturated heterocycles. The van der Waals surface area contributed by atoms with Gasteiger partial charge in [-0.05, 0) is 28.9 Å². The predicted molar refractivity (Wildman–Crippen MR) is 126 cm³/mol. The summed E-state index contributed by atoms with van der Waals surface area (Å²) in [5, 5.41) is 3.81. The van der Waals surface area contributed by atoms with E-state index in [0.29, 0.717) is 35.9 Å². The van der Waals surface area contributed by atoms with Crippen LogP contribution in [0.2, 0.25) is 0 Å². The van der Waals surface area contributed by atoms with E-state index in [-0.39, 0.29) is 0 Å². The molecule has 31 heavy (non-hydrogen) atoms. The molecule has 4 aromatic rings. The summed E-state index contributed by atoms with van der Waals surface area (Å²) >= 11 is 2.80. The third-order valence-electron chi connectivity index (χ3n) is 4.46. The third kappa shape index (κ3) is 5.34. The third-order valence-corrected chi connectivity index (χ3v) is 5.80. The van der Waals surface area contributed by atoms with Gasteiger partial charge in [-0.2, -0.15) is 9.36 Å². The summed E-state index contributed by atoms with van der Waals surface area (Å²) < 4.78 is 16.5. The summed E-state index contributed by atoms with van der Waals surface area (Å²) in [4.78, 5) is 10.1. The van der Waals surface area contributed by atoms with Crippen LogP contribution in [0.4, 0.5) is 5.82 Å². The molecule has 0 spiro atoms. The molecule has 0 aliphatic rings. The lowest BCUT2D eigenvalue weighted by molar-refractivity contribution is 0.292. The molecule has 1 N–H and O–H groups in total. The van der Waals surface area contributed by atoms with Gasteiger partial charge < -0.3 is 14.8 Å². The van der Waals surface area contributed by atoms with Gasteiger partial charge in [-0.3, -0.25) is 0 Å². The second kappa shape index (κ2) is 10.3. The number of nitrogens with one attached hydrogen (secondary N) is 1.